The number of carbonyl (C=O) groups is 1. The van der Waals surface area contributed by atoms with Crippen LogP contribution in [-0.4, -0.2) is 16.1 Å². The molecule has 1 aromatic rings. The van der Waals surface area contributed by atoms with Crippen molar-refractivity contribution in [1.82, 2.24) is 9.78 Å². The Morgan fingerprint density at radius 1 is 1.67 bits per heavy atom. The van der Waals surface area contributed by atoms with Crippen molar-refractivity contribution >= 4 is 12.0 Å². The van der Waals surface area contributed by atoms with E-state index in [2.05, 4.69) is 12.0 Å². The number of carbonyl (C=O) groups excluding carboxylic acids is 1. The Bertz CT molecular complexity index is 291. The van der Waals surface area contributed by atoms with E-state index in [4.69, 9.17) is 5.73 Å². The molecule has 66 valence electrons. The van der Waals surface area contributed by atoms with Crippen molar-refractivity contribution < 1.29 is 4.79 Å². The summed E-state index contributed by atoms with van der Waals surface area (Å²) in [7, 11) is 1.72. The molecule has 4 nitrogen and oxygen atoms in total. The molecule has 0 radical (unpaired) electrons. The number of aromatic nitrogens is 2. The van der Waals surface area contributed by atoms with Crippen LogP contribution >= 0.6 is 0 Å². The van der Waals surface area contributed by atoms with Crippen molar-refractivity contribution in [2.45, 2.75) is 19.8 Å². The van der Waals surface area contributed by atoms with Crippen LogP contribution in [0.2, 0.25) is 0 Å². The third kappa shape index (κ3) is 1.32. The van der Waals surface area contributed by atoms with Gasteiger partial charge in [0.05, 0.1) is 11.4 Å². The van der Waals surface area contributed by atoms with Gasteiger partial charge in [0.2, 0.25) is 0 Å². The summed E-state index contributed by atoms with van der Waals surface area (Å²) in [5.41, 5.74) is 7.50. The van der Waals surface area contributed by atoms with Crippen LogP contribution in [-0.2, 0) is 13.5 Å². The Balaban J connectivity index is 3.08. The minimum absolute atomic E-state index is 0.471. The number of nitrogens with two attached hydrogens (primary N) is 1. The minimum Gasteiger partial charge on any atom is -0.395 e. The highest BCUT2D eigenvalue weighted by atomic mass is 16.1. The minimum atomic E-state index is 0.471. The van der Waals surface area contributed by atoms with E-state index in [1.54, 1.807) is 7.05 Å². The van der Waals surface area contributed by atoms with E-state index in [9.17, 15) is 4.79 Å². The summed E-state index contributed by atoms with van der Waals surface area (Å²) >= 11 is 0. The zero-order valence-electron chi connectivity index (χ0n) is 7.37. The van der Waals surface area contributed by atoms with E-state index in [0.29, 0.717) is 11.4 Å². The average Bonchev–Trinajstić information content (AvgIpc) is 2.29. The Kier molecular flexibility index (Phi) is 2.47. The maximum Gasteiger partial charge on any atom is 0.170 e. The summed E-state index contributed by atoms with van der Waals surface area (Å²) in [6.07, 6.45) is 2.55. The predicted molar refractivity (Wildman–Crippen MR) is 47.0 cm³/mol. The number of hydrogen-bond acceptors (Lipinski definition) is 3. The fraction of sp³-hybridized carbons (Fsp3) is 0.500. The van der Waals surface area contributed by atoms with Gasteiger partial charge in [0.15, 0.2) is 6.29 Å². The van der Waals surface area contributed by atoms with Gasteiger partial charge in [0.25, 0.3) is 0 Å². The molecule has 0 bridgehead atoms. The summed E-state index contributed by atoms with van der Waals surface area (Å²) in [4.78, 5) is 10.5. The topological polar surface area (TPSA) is 60.9 Å². The number of anilines is 1. The van der Waals surface area contributed by atoms with Crippen molar-refractivity contribution in [3.8, 4) is 0 Å². The first-order valence-corrected chi connectivity index (χ1v) is 3.97. The van der Waals surface area contributed by atoms with Crippen LogP contribution in [0.1, 0.15) is 29.5 Å². The highest BCUT2D eigenvalue weighted by Crippen LogP contribution is 2.15. The second-order valence-electron chi connectivity index (χ2n) is 2.74. The molecule has 12 heavy (non-hydrogen) atoms. The molecule has 0 amide bonds. The standard InChI is InChI=1S/C8H13N3O/c1-3-4-6-8(9)7(5-12)11(2)10-6/h5H,3-4,9H2,1-2H3. The van der Waals surface area contributed by atoms with Crippen molar-refractivity contribution in [3.05, 3.63) is 11.4 Å². The number of nitrogen functional groups attached to an aromatic ring is 1. The van der Waals surface area contributed by atoms with Gasteiger partial charge in [-0.05, 0) is 6.42 Å². The number of nitrogens with zero attached hydrogens (tertiary/aromatic N) is 2. The largest absolute Gasteiger partial charge is 0.395 e. The van der Waals surface area contributed by atoms with Crippen LogP contribution in [0.4, 0.5) is 5.69 Å². The molecule has 0 fully saturated rings. The van der Waals surface area contributed by atoms with Crippen molar-refractivity contribution in [2.24, 2.45) is 7.05 Å². The second kappa shape index (κ2) is 3.38. The molecule has 2 N–H and O–H groups in total. The van der Waals surface area contributed by atoms with Gasteiger partial charge in [0.1, 0.15) is 5.69 Å². The first-order valence-electron chi connectivity index (χ1n) is 3.97. The molecule has 0 spiro atoms. The number of aryl methyl sites for hydroxylation is 2. The van der Waals surface area contributed by atoms with Gasteiger partial charge in [-0.2, -0.15) is 5.10 Å². The van der Waals surface area contributed by atoms with E-state index < -0.39 is 0 Å². The van der Waals surface area contributed by atoms with E-state index in [-0.39, 0.29) is 0 Å². The zero-order valence-corrected chi connectivity index (χ0v) is 7.37. The normalized spacial score (nSPS) is 10.2. The second-order valence-corrected chi connectivity index (χ2v) is 2.74. The van der Waals surface area contributed by atoms with Crippen LogP contribution in [0.15, 0.2) is 0 Å². The lowest BCUT2D eigenvalue weighted by atomic mass is 10.2. The molecular formula is C8H13N3O. The fourth-order valence-electron chi connectivity index (χ4n) is 1.17. The lowest BCUT2D eigenvalue weighted by molar-refractivity contribution is 0.111. The summed E-state index contributed by atoms with van der Waals surface area (Å²) in [5, 5.41) is 4.13. The SMILES string of the molecule is CCCc1nn(C)c(C=O)c1N. The van der Waals surface area contributed by atoms with Gasteiger partial charge in [-0.3, -0.25) is 9.48 Å². The summed E-state index contributed by atoms with van der Waals surface area (Å²) in [5.74, 6) is 0. The highest BCUT2D eigenvalue weighted by molar-refractivity contribution is 5.81. The molecule has 0 saturated heterocycles. The van der Waals surface area contributed by atoms with E-state index >= 15 is 0 Å². The molecule has 0 aromatic carbocycles. The number of hydrogen-bond donors (Lipinski definition) is 1. The number of aldehydes is 1. The van der Waals surface area contributed by atoms with Crippen LogP contribution in [0.3, 0.4) is 0 Å². The van der Waals surface area contributed by atoms with Crippen LogP contribution in [0.25, 0.3) is 0 Å². The smallest absolute Gasteiger partial charge is 0.170 e. The van der Waals surface area contributed by atoms with E-state index in [0.717, 1.165) is 24.8 Å². The van der Waals surface area contributed by atoms with Crippen molar-refractivity contribution in [3.63, 3.8) is 0 Å². The molecule has 0 aliphatic heterocycles. The third-order valence-electron chi connectivity index (χ3n) is 1.80. The molecular weight excluding hydrogens is 154 g/mol. The van der Waals surface area contributed by atoms with Crippen LogP contribution in [0, 0.1) is 0 Å². The molecule has 0 unspecified atom stereocenters. The monoisotopic (exact) mass is 167 g/mol. The average molecular weight is 167 g/mol. The number of rotatable bonds is 3. The van der Waals surface area contributed by atoms with E-state index in [1.807, 2.05) is 0 Å². The molecule has 1 heterocycles. The Hall–Kier alpha value is -1.32. The maximum absolute atomic E-state index is 10.5. The summed E-state index contributed by atoms with van der Waals surface area (Å²) in [6.45, 7) is 2.05. The van der Waals surface area contributed by atoms with Gasteiger partial charge in [-0.25, -0.2) is 0 Å². The Morgan fingerprint density at radius 3 is 2.75 bits per heavy atom. The van der Waals surface area contributed by atoms with Gasteiger partial charge in [-0.1, -0.05) is 13.3 Å². The first-order chi connectivity index (χ1) is 5.70. The quantitative estimate of drug-likeness (QED) is 0.676. The van der Waals surface area contributed by atoms with Crippen LogP contribution < -0.4 is 5.73 Å². The molecule has 0 atom stereocenters. The Morgan fingerprint density at radius 2 is 2.33 bits per heavy atom. The van der Waals surface area contributed by atoms with Crippen LogP contribution in [0.5, 0.6) is 0 Å². The predicted octanol–water partition coefficient (Wildman–Crippen LogP) is 0.767. The molecule has 0 aliphatic carbocycles. The van der Waals surface area contributed by atoms with Gasteiger partial charge >= 0.3 is 0 Å². The third-order valence-corrected chi connectivity index (χ3v) is 1.80. The maximum atomic E-state index is 10.5. The van der Waals surface area contributed by atoms with Crippen molar-refractivity contribution in [1.29, 1.82) is 0 Å². The first kappa shape index (κ1) is 8.77. The van der Waals surface area contributed by atoms with Gasteiger partial charge in [-0.15, -0.1) is 0 Å². The fourth-order valence-corrected chi connectivity index (χ4v) is 1.17. The molecule has 1 aromatic heterocycles. The molecule has 4 heteroatoms. The highest BCUT2D eigenvalue weighted by Gasteiger charge is 2.10. The summed E-state index contributed by atoms with van der Waals surface area (Å²) in [6, 6.07) is 0. The molecule has 0 saturated carbocycles. The zero-order chi connectivity index (χ0) is 9.14. The van der Waals surface area contributed by atoms with Crippen molar-refractivity contribution in [2.75, 3.05) is 5.73 Å². The summed E-state index contributed by atoms with van der Waals surface area (Å²) < 4.78 is 1.52. The Labute approximate surface area is 71.4 Å². The van der Waals surface area contributed by atoms with Gasteiger partial charge < -0.3 is 5.73 Å². The lowest BCUT2D eigenvalue weighted by Gasteiger charge is -1.92. The van der Waals surface area contributed by atoms with Gasteiger partial charge in [0, 0.05) is 7.05 Å². The van der Waals surface area contributed by atoms with E-state index in [1.165, 1.54) is 4.68 Å². The molecule has 0 aliphatic rings. The molecule has 1 rings (SSSR count). The lowest BCUT2D eigenvalue weighted by Crippen LogP contribution is -1.98.